The van der Waals surface area contributed by atoms with E-state index >= 15 is 0 Å². The van der Waals surface area contributed by atoms with Gasteiger partial charge in [0.25, 0.3) is 0 Å². The number of benzene rings is 2. The molecule has 0 radical (unpaired) electrons. The van der Waals surface area contributed by atoms with Crippen molar-refractivity contribution in [1.29, 1.82) is 0 Å². The Labute approximate surface area is 201 Å². The minimum Gasteiger partial charge on any atom is -0.494 e. The van der Waals surface area contributed by atoms with Crippen LogP contribution < -0.4 is 4.74 Å². The fourth-order valence-electron chi connectivity index (χ4n) is 3.40. The van der Waals surface area contributed by atoms with Crippen LogP contribution in [0.2, 0.25) is 0 Å². The molecule has 0 atom stereocenters. The van der Waals surface area contributed by atoms with Crippen molar-refractivity contribution in [2.45, 2.75) is 24.8 Å². The van der Waals surface area contributed by atoms with Gasteiger partial charge in [0.2, 0.25) is 11.7 Å². The predicted molar refractivity (Wildman–Crippen MR) is 130 cm³/mol. The highest BCUT2D eigenvalue weighted by Crippen LogP contribution is 2.30. The summed E-state index contributed by atoms with van der Waals surface area (Å²) in [6.07, 6.45) is 3.49. The van der Waals surface area contributed by atoms with E-state index < -0.39 is 0 Å². The maximum Gasteiger partial charge on any atom is 0.237 e. The molecule has 0 amide bonds. The van der Waals surface area contributed by atoms with E-state index in [1.165, 1.54) is 17.3 Å². The fraction of sp³-hybridized carbons (Fsp3) is 0.160. The van der Waals surface area contributed by atoms with Crippen molar-refractivity contribution < 1.29 is 9.26 Å². The predicted octanol–water partition coefficient (Wildman–Crippen LogP) is 5.38. The van der Waals surface area contributed by atoms with Gasteiger partial charge in [-0.25, -0.2) is 0 Å². The van der Waals surface area contributed by atoms with Crippen molar-refractivity contribution >= 4 is 11.8 Å². The maximum atomic E-state index is 5.49. The van der Waals surface area contributed by atoms with E-state index in [4.69, 9.17) is 9.26 Å². The average molecular weight is 471 g/mol. The second-order valence-corrected chi connectivity index (χ2v) is 8.41. The molecule has 0 aliphatic heterocycles. The Morgan fingerprint density at radius 3 is 2.41 bits per heavy atom. The Kier molecular flexibility index (Phi) is 6.35. The number of hydrogen-bond donors (Lipinski definition) is 0. The van der Waals surface area contributed by atoms with Gasteiger partial charge in [0.1, 0.15) is 5.75 Å². The number of ether oxygens (including phenoxy) is 1. The van der Waals surface area contributed by atoms with E-state index in [1.54, 1.807) is 12.4 Å². The molecule has 5 aromatic rings. The molecule has 8 nitrogen and oxygen atoms in total. The molecule has 0 unspecified atom stereocenters. The van der Waals surface area contributed by atoms with Crippen molar-refractivity contribution in [2.75, 3.05) is 6.61 Å². The van der Waals surface area contributed by atoms with Crippen LogP contribution in [0, 0.1) is 6.92 Å². The monoisotopic (exact) mass is 470 g/mol. The third kappa shape index (κ3) is 4.69. The molecule has 0 saturated carbocycles. The summed E-state index contributed by atoms with van der Waals surface area (Å²) >= 11 is 1.49. The smallest absolute Gasteiger partial charge is 0.237 e. The molecule has 0 N–H and O–H groups in total. The molecule has 3 aromatic heterocycles. The number of nitrogens with zero attached hydrogens (tertiary/aromatic N) is 6. The van der Waals surface area contributed by atoms with Gasteiger partial charge in [-0.2, -0.15) is 4.98 Å². The first-order valence-corrected chi connectivity index (χ1v) is 11.8. The Hall–Kier alpha value is -3.98. The first-order chi connectivity index (χ1) is 16.7. The maximum absolute atomic E-state index is 5.49. The van der Waals surface area contributed by atoms with Crippen molar-refractivity contribution in [3.63, 3.8) is 0 Å². The van der Waals surface area contributed by atoms with Gasteiger partial charge in [0.05, 0.1) is 12.4 Å². The first-order valence-electron chi connectivity index (χ1n) is 10.8. The molecule has 2 aromatic carbocycles. The van der Waals surface area contributed by atoms with Crippen molar-refractivity contribution in [2.24, 2.45) is 0 Å². The number of rotatable bonds is 8. The number of thioether (sulfide) groups is 1. The Morgan fingerprint density at radius 2 is 1.68 bits per heavy atom. The largest absolute Gasteiger partial charge is 0.494 e. The molecule has 34 heavy (non-hydrogen) atoms. The topological polar surface area (TPSA) is 91.8 Å². The molecule has 0 fully saturated rings. The van der Waals surface area contributed by atoms with Crippen molar-refractivity contribution in [1.82, 2.24) is 29.9 Å². The SMILES string of the molecule is CCOc1ccc(-c2noc(CSc3nnc(-c4ccncc4)n3-c3ccc(C)cc3)n2)cc1. The molecule has 5 rings (SSSR count). The summed E-state index contributed by atoms with van der Waals surface area (Å²) in [6.45, 7) is 4.64. The average Bonchev–Trinajstić information content (AvgIpc) is 3.52. The first kappa shape index (κ1) is 21.8. The van der Waals surface area contributed by atoms with E-state index in [1.807, 2.05) is 47.9 Å². The van der Waals surface area contributed by atoms with E-state index in [9.17, 15) is 0 Å². The van der Waals surface area contributed by atoms with Gasteiger partial charge >= 0.3 is 0 Å². The molecule has 9 heteroatoms. The highest BCUT2D eigenvalue weighted by Gasteiger charge is 2.18. The fourth-order valence-corrected chi connectivity index (χ4v) is 4.19. The minimum absolute atomic E-state index is 0.463. The van der Waals surface area contributed by atoms with Crippen LogP contribution >= 0.6 is 11.8 Å². The highest BCUT2D eigenvalue weighted by atomic mass is 32.2. The van der Waals surface area contributed by atoms with Gasteiger partial charge < -0.3 is 9.26 Å². The molecule has 0 aliphatic carbocycles. The van der Waals surface area contributed by atoms with Gasteiger partial charge in [0.15, 0.2) is 11.0 Å². The molecule has 3 heterocycles. The molecular weight excluding hydrogens is 448 g/mol. The van der Waals surface area contributed by atoms with Gasteiger partial charge in [0, 0.05) is 29.2 Å². The second-order valence-electron chi connectivity index (χ2n) is 7.47. The van der Waals surface area contributed by atoms with E-state index in [0.29, 0.717) is 24.1 Å². The standard InChI is InChI=1S/C25H22N6O2S/c1-3-32-21-10-6-18(7-11-21)23-27-22(33-30-23)16-34-25-29-28-24(19-12-14-26-15-13-19)31(25)20-8-4-17(2)5-9-20/h4-15H,3,16H2,1-2H3. The molecule has 170 valence electrons. The lowest BCUT2D eigenvalue weighted by Gasteiger charge is -2.10. The Balaban J connectivity index is 1.39. The van der Waals surface area contributed by atoms with Crippen molar-refractivity contribution in [3.8, 4) is 34.2 Å². The number of aromatic nitrogens is 6. The summed E-state index contributed by atoms with van der Waals surface area (Å²) in [5, 5.41) is 13.8. The normalized spacial score (nSPS) is 11.0. The second kappa shape index (κ2) is 9.88. The molecule has 0 bridgehead atoms. The molecule has 0 spiro atoms. The lowest BCUT2D eigenvalue weighted by molar-refractivity contribution is 0.340. The highest BCUT2D eigenvalue weighted by molar-refractivity contribution is 7.98. The van der Waals surface area contributed by atoms with Crippen LogP contribution in [0.15, 0.2) is 82.7 Å². The van der Waals surface area contributed by atoms with Crippen LogP contribution in [0.5, 0.6) is 5.75 Å². The summed E-state index contributed by atoms with van der Waals surface area (Å²) < 4.78 is 13.0. The zero-order valence-electron chi connectivity index (χ0n) is 18.8. The molecular formula is C25H22N6O2S. The van der Waals surface area contributed by atoms with Gasteiger partial charge in [-0.1, -0.05) is 34.6 Å². The number of pyridine rings is 1. The summed E-state index contributed by atoms with van der Waals surface area (Å²) in [6, 6.07) is 19.7. The molecule has 0 aliphatic rings. The number of aryl methyl sites for hydroxylation is 1. The van der Waals surface area contributed by atoms with Crippen LogP contribution in [0.25, 0.3) is 28.5 Å². The quantitative estimate of drug-likeness (QED) is 0.279. The van der Waals surface area contributed by atoms with Gasteiger partial charge in [-0.15, -0.1) is 10.2 Å². The summed E-state index contributed by atoms with van der Waals surface area (Å²) in [7, 11) is 0. The van der Waals surface area contributed by atoms with Crippen LogP contribution in [0.1, 0.15) is 18.4 Å². The van der Waals surface area contributed by atoms with Crippen LogP contribution in [-0.4, -0.2) is 36.5 Å². The van der Waals surface area contributed by atoms with Crippen LogP contribution in [0.4, 0.5) is 0 Å². The van der Waals surface area contributed by atoms with Gasteiger partial charge in [-0.05, 0) is 62.4 Å². The van der Waals surface area contributed by atoms with Crippen LogP contribution in [0.3, 0.4) is 0 Å². The minimum atomic E-state index is 0.463. The lowest BCUT2D eigenvalue weighted by atomic mass is 10.2. The van der Waals surface area contributed by atoms with Gasteiger partial charge in [-0.3, -0.25) is 9.55 Å². The summed E-state index contributed by atoms with van der Waals surface area (Å²) in [5.74, 6) is 3.07. The van der Waals surface area contributed by atoms with E-state index in [2.05, 4.69) is 56.5 Å². The van der Waals surface area contributed by atoms with E-state index in [0.717, 1.165) is 33.5 Å². The Morgan fingerprint density at radius 1 is 0.912 bits per heavy atom. The Bertz CT molecular complexity index is 1370. The summed E-state index contributed by atoms with van der Waals surface area (Å²) in [4.78, 5) is 8.66. The number of hydrogen-bond acceptors (Lipinski definition) is 8. The van der Waals surface area contributed by atoms with Crippen LogP contribution in [-0.2, 0) is 5.75 Å². The zero-order chi connectivity index (χ0) is 23.3. The zero-order valence-corrected chi connectivity index (χ0v) is 19.6. The lowest BCUT2D eigenvalue weighted by Crippen LogP contribution is -2.00. The summed E-state index contributed by atoms with van der Waals surface area (Å²) in [5.41, 5.74) is 3.96. The third-order valence-corrected chi connectivity index (χ3v) is 5.99. The van der Waals surface area contributed by atoms with E-state index in [-0.39, 0.29) is 0 Å². The molecule has 0 saturated heterocycles. The van der Waals surface area contributed by atoms with Crippen molar-refractivity contribution in [3.05, 3.63) is 84.5 Å². The third-order valence-electron chi connectivity index (χ3n) is 5.08.